The summed E-state index contributed by atoms with van der Waals surface area (Å²) in [7, 11) is 0. The topological polar surface area (TPSA) is 47.3 Å². The van der Waals surface area contributed by atoms with Crippen molar-refractivity contribution in [3.63, 3.8) is 0 Å². The molecule has 0 radical (unpaired) electrons. The Balaban J connectivity index is 2.45. The van der Waals surface area contributed by atoms with Gasteiger partial charge in [-0.3, -0.25) is 5.84 Å². The minimum Gasteiger partial charge on any atom is -0.494 e. The van der Waals surface area contributed by atoms with Crippen LogP contribution in [0.5, 0.6) is 5.75 Å². The predicted molar refractivity (Wildman–Crippen MR) is 80.9 cm³/mol. The van der Waals surface area contributed by atoms with Gasteiger partial charge in [0.1, 0.15) is 5.75 Å². The highest BCUT2D eigenvalue weighted by Crippen LogP contribution is 2.33. The summed E-state index contributed by atoms with van der Waals surface area (Å²) < 4.78 is 6.69. The van der Waals surface area contributed by atoms with Gasteiger partial charge in [0.25, 0.3) is 0 Å². The first-order valence-electron chi connectivity index (χ1n) is 6.20. The molecular formula is C15H17BrN2O. The van der Waals surface area contributed by atoms with Crippen LogP contribution in [0.2, 0.25) is 0 Å². The minimum atomic E-state index is -0.113. The zero-order chi connectivity index (χ0) is 13.7. The average Bonchev–Trinajstić information content (AvgIpc) is 2.44. The molecule has 2 rings (SSSR count). The van der Waals surface area contributed by atoms with E-state index >= 15 is 0 Å². The molecule has 0 aromatic heterocycles. The molecule has 0 bridgehead atoms. The maximum atomic E-state index is 5.74. The molecule has 0 heterocycles. The Labute approximate surface area is 121 Å². The number of nitrogens with two attached hydrogens (primary N) is 1. The van der Waals surface area contributed by atoms with Crippen molar-refractivity contribution < 1.29 is 4.74 Å². The summed E-state index contributed by atoms with van der Waals surface area (Å²) in [4.78, 5) is 0. The smallest absolute Gasteiger partial charge is 0.124 e. The molecule has 0 saturated heterocycles. The lowest BCUT2D eigenvalue weighted by Crippen LogP contribution is -2.29. The monoisotopic (exact) mass is 320 g/mol. The summed E-state index contributed by atoms with van der Waals surface area (Å²) in [6, 6.07) is 15.8. The van der Waals surface area contributed by atoms with E-state index in [1.165, 1.54) is 0 Å². The van der Waals surface area contributed by atoms with Crippen molar-refractivity contribution in [1.29, 1.82) is 0 Å². The zero-order valence-corrected chi connectivity index (χ0v) is 12.4. The van der Waals surface area contributed by atoms with Gasteiger partial charge in [-0.2, -0.15) is 0 Å². The zero-order valence-electron chi connectivity index (χ0n) is 10.8. The number of hydrogen-bond donors (Lipinski definition) is 2. The van der Waals surface area contributed by atoms with Gasteiger partial charge in [-0.05, 0) is 24.6 Å². The number of halogens is 1. The lowest BCUT2D eigenvalue weighted by molar-refractivity contribution is 0.333. The van der Waals surface area contributed by atoms with Gasteiger partial charge in [0, 0.05) is 10.0 Å². The van der Waals surface area contributed by atoms with Gasteiger partial charge >= 0.3 is 0 Å². The van der Waals surface area contributed by atoms with Crippen molar-refractivity contribution in [3.8, 4) is 5.75 Å². The van der Waals surface area contributed by atoms with Crippen molar-refractivity contribution in [3.05, 3.63) is 64.1 Å². The summed E-state index contributed by atoms with van der Waals surface area (Å²) in [6.07, 6.45) is 0. The first-order valence-corrected chi connectivity index (χ1v) is 6.99. The van der Waals surface area contributed by atoms with Crippen molar-refractivity contribution in [2.45, 2.75) is 13.0 Å². The van der Waals surface area contributed by atoms with Gasteiger partial charge in [0.2, 0.25) is 0 Å². The van der Waals surface area contributed by atoms with Gasteiger partial charge in [-0.1, -0.05) is 52.3 Å². The number of hydrazine groups is 1. The molecule has 1 unspecified atom stereocenters. The molecule has 2 aromatic carbocycles. The molecule has 0 aliphatic rings. The fraction of sp³-hybridized carbons (Fsp3) is 0.200. The Bertz CT molecular complexity index is 545. The van der Waals surface area contributed by atoms with E-state index in [2.05, 4.69) is 21.4 Å². The first kappa shape index (κ1) is 14.1. The highest BCUT2D eigenvalue weighted by atomic mass is 79.9. The number of ether oxygens (including phenoxy) is 1. The van der Waals surface area contributed by atoms with Gasteiger partial charge in [-0.15, -0.1) is 0 Å². The van der Waals surface area contributed by atoms with Crippen LogP contribution in [-0.4, -0.2) is 6.61 Å². The third-order valence-electron chi connectivity index (χ3n) is 2.91. The van der Waals surface area contributed by atoms with Gasteiger partial charge in [0.05, 0.1) is 12.6 Å². The Morgan fingerprint density at radius 3 is 2.37 bits per heavy atom. The number of benzene rings is 2. The molecule has 100 valence electrons. The summed E-state index contributed by atoms with van der Waals surface area (Å²) in [5.74, 6) is 6.60. The molecule has 3 nitrogen and oxygen atoms in total. The summed E-state index contributed by atoms with van der Waals surface area (Å²) in [5, 5.41) is 0. The molecule has 3 N–H and O–H groups in total. The van der Waals surface area contributed by atoms with Crippen LogP contribution >= 0.6 is 15.9 Å². The third-order valence-corrected chi connectivity index (χ3v) is 3.63. The molecule has 0 spiro atoms. The molecule has 0 saturated carbocycles. The van der Waals surface area contributed by atoms with E-state index in [1.807, 2.05) is 55.5 Å². The maximum absolute atomic E-state index is 5.74. The van der Waals surface area contributed by atoms with E-state index in [9.17, 15) is 0 Å². The maximum Gasteiger partial charge on any atom is 0.124 e. The number of para-hydroxylation sites is 1. The van der Waals surface area contributed by atoms with Crippen LogP contribution in [0.3, 0.4) is 0 Å². The summed E-state index contributed by atoms with van der Waals surface area (Å²) in [6.45, 7) is 2.60. The fourth-order valence-corrected chi connectivity index (χ4v) is 2.58. The Kier molecular flexibility index (Phi) is 4.96. The standard InChI is InChI=1S/C15H17BrN2O/c1-2-19-14-10-6-4-8-12(14)15(18-17)11-7-3-5-9-13(11)16/h3-10,15,18H,2,17H2,1H3. The van der Waals surface area contributed by atoms with Crippen LogP contribution in [0, 0.1) is 0 Å². The van der Waals surface area contributed by atoms with Crippen LogP contribution in [0.4, 0.5) is 0 Å². The first-order chi connectivity index (χ1) is 9.27. The van der Waals surface area contributed by atoms with Gasteiger partial charge in [-0.25, -0.2) is 5.43 Å². The van der Waals surface area contributed by atoms with Crippen molar-refractivity contribution >= 4 is 15.9 Å². The van der Waals surface area contributed by atoms with Gasteiger partial charge < -0.3 is 4.74 Å². The second kappa shape index (κ2) is 6.70. The fourth-order valence-electron chi connectivity index (χ4n) is 2.06. The van der Waals surface area contributed by atoms with E-state index in [-0.39, 0.29) is 6.04 Å². The summed E-state index contributed by atoms with van der Waals surface area (Å²) in [5.41, 5.74) is 4.97. The highest BCUT2D eigenvalue weighted by molar-refractivity contribution is 9.10. The van der Waals surface area contributed by atoms with Crippen LogP contribution in [0.1, 0.15) is 24.1 Å². The van der Waals surface area contributed by atoms with Crippen molar-refractivity contribution in [1.82, 2.24) is 5.43 Å². The second-order valence-corrected chi connectivity index (χ2v) is 4.95. The Morgan fingerprint density at radius 1 is 1.11 bits per heavy atom. The van der Waals surface area contributed by atoms with E-state index in [0.29, 0.717) is 6.61 Å². The van der Waals surface area contributed by atoms with E-state index in [0.717, 1.165) is 21.3 Å². The lowest BCUT2D eigenvalue weighted by Gasteiger charge is -2.21. The second-order valence-electron chi connectivity index (χ2n) is 4.09. The molecule has 2 aromatic rings. The van der Waals surface area contributed by atoms with E-state index in [1.54, 1.807) is 0 Å². The number of nitrogens with one attached hydrogen (secondary N) is 1. The van der Waals surface area contributed by atoms with Crippen LogP contribution in [-0.2, 0) is 0 Å². The third kappa shape index (κ3) is 3.15. The predicted octanol–water partition coefficient (Wildman–Crippen LogP) is 3.40. The highest BCUT2D eigenvalue weighted by Gasteiger charge is 2.18. The van der Waals surface area contributed by atoms with Crippen LogP contribution < -0.4 is 16.0 Å². The molecule has 0 aliphatic heterocycles. The number of hydrogen-bond acceptors (Lipinski definition) is 3. The number of rotatable bonds is 5. The minimum absolute atomic E-state index is 0.113. The summed E-state index contributed by atoms with van der Waals surface area (Å²) >= 11 is 3.56. The Morgan fingerprint density at radius 2 is 1.74 bits per heavy atom. The largest absolute Gasteiger partial charge is 0.494 e. The SMILES string of the molecule is CCOc1ccccc1C(NN)c1ccccc1Br. The normalized spacial score (nSPS) is 12.2. The quantitative estimate of drug-likeness (QED) is 0.655. The van der Waals surface area contributed by atoms with Crippen LogP contribution in [0.25, 0.3) is 0 Å². The molecule has 19 heavy (non-hydrogen) atoms. The molecule has 0 fully saturated rings. The molecule has 0 amide bonds. The van der Waals surface area contributed by atoms with Gasteiger partial charge in [0.15, 0.2) is 0 Å². The molecule has 0 aliphatic carbocycles. The van der Waals surface area contributed by atoms with Crippen molar-refractivity contribution in [2.24, 2.45) is 5.84 Å². The van der Waals surface area contributed by atoms with E-state index < -0.39 is 0 Å². The molecule has 1 atom stereocenters. The molecule has 4 heteroatoms. The van der Waals surface area contributed by atoms with Crippen LogP contribution in [0.15, 0.2) is 53.0 Å². The van der Waals surface area contributed by atoms with Crippen molar-refractivity contribution in [2.75, 3.05) is 6.61 Å². The lowest BCUT2D eigenvalue weighted by atomic mass is 9.98. The molecular weight excluding hydrogens is 304 g/mol. The Hall–Kier alpha value is -1.36. The average molecular weight is 321 g/mol. The van der Waals surface area contributed by atoms with E-state index in [4.69, 9.17) is 10.6 Å².